The molecule has 1 atom stereocenters. The molecule has 0 aliphatic heterocycles. The molecule has 1 nitrogen and oxygen atoms in total. The largest absolute Gasteiger partial charge is 0.294 e. The van der Waals surface area contributed by atoms with Gasteiger partial charge >= 0.3 is 0 Å². The number of hydrogen-bond acceptors (Lipinski definition) is 1. The van der Waals surface area contributed by atoms with Crippen molar-refractivity contribution >= 4 is 21.7 Å². The standard InChI is InChI=1S/C11H15BrO/c1-8(13)4-5-9-6-10(7-12)11(9,2)3/h4,10H,6-7H2,1-3H3. The molecule has 13 heavy (non-hydrogen) atoms. The summed E-state index contributed by atoms with van der Waals surface area (Å²) in [4.78, 5) is 10.7. The number of rotatable bonds is 2. The average Bonchev–Trinajstić information content (AvgIpc) is 2.02. The van der Waals surface area contributed by atoms with E-state index in [0.29, 0.717) is 5.92 Å². The minimum Gasteiger partial charge on any atom is -0.294 e. The molecule has 2 heteroatoms. The molecule has 0 aromatic rings. The minimum atomic E-state index is 0.0746. The van der Waals surface area contributed by atoms with Gasteiger partial charge in [0.05, 0.1) is 0 Å². The van der Waals surface area contributed by atoms with E-state index >= 15 is 0 Å². The van der Waals surface area contributed by atoms with Crippen molar-refractivity contribution in [3.63, 3.8) is 0 Å². The van der Waals surface area contributed by atoms with Crippen LogP contribution in [0.1, 0.15) is 27.2 Å². The monoisotopic (exact) mass is 242 g/mol. The molecule has 0 amide bonds. The van der Waals surface area contributed by atoms with Gasteiger partial charge < -0.3 is 0 Å². The third-order valence-corrected chi connectivity index (χ3v) is 3.67. The summed E-state index contributed by atoms with van der Waals surface area (Å²) >= 11 is 3.49. The summed E-state index contributed by atoms with van der Waals surface area (Å²) in [5.74, 6) is 0.765. The van der Waals surface area contributed by atoms with Crippen LogP contribution in [0.3, 0.4) is 0 Å². The molecule has 0 aromatic heterocycles. The maximum atomic E-state index is 10.7. The molecule has 0 spiro atoms. The van der Waals surface area contributed by atoms with E-state index in [1.807, 2.05) is 0 Å². The highest BCUT2D eigenvalue weighted by Gasteiger charge is 2.42. The molecule has 1 aliphatic rings. The number of halogens is 1. The molecule has 1 saturated carbocycles. The highest BCUT2D eigenvalue weighted by molar-refractivity contribution is 9.09. The Kier molecular flexibility index (Phi) is 3.15. The van der Waals surface area contributed by atoms with Gasteiger partial charge in [0, 0.05) is 11.4 Å². The maximum absolute atomic E-state index is 10.7. The van der Waals surface area contributed by atoms with Crippen molar-refractivity contribution in [2.75, 3.05) is 5.33 Å². The number of alkyl halides is 1. The van der Waals surface area contributed by atoms with E-state index < -0.39 is 0 Å². The number of ketones is 1. The second-order valence-corrected chi connectivity index (χ2v) is 4.80. The predicted molar refractivity (Wildman–Crippen MR) is 58.0 cm³/mol. The van der Waals surface area contributed by atoms with Crippen LogP contribution in [0.25, 0.3) is 0 Å². The number of allylic oxidation sites excluding steroid dienone is 1. The van der Waals surface area contributed by atoms with Gasteiger partial charge in [-0.1, -0.05) is 29.8 Å². The topological polar surface area (TPSA) is 17.1 Å². The molecule has 1 unspecified atom stereocenters. The Hall–Kier alpha value is -0.330. The smallest absolute Gasteiger partial charge is 0.160 e. The number of hydrogen-bond donors (Lipinski definition) is 0. The van der Waals surface area contributed by atoms with Gasteiger partial charge in [-0.15, -0.1) is 5.73 Å². The van der Waals surface area contributed by atoms with Gasteiger partial charge in [0.25, 0.3) is 0 Å². The third-order valence-electron chi connectivity index (χ3n) is 2.88. The van der Waals surface area contributed by atoms with Crippen molar-refractivity contribution in [1.29, 1.82) is 0 Å². The summed E-state index contributed by atoms with van der Waals surface area (Å²) in [5.41, 5.74) is 4.58. The fourth-order valence-electron chi connectivity index (χ4n) is 1.56. The third kappa shape index (κ3) is 2.12. The molecule has 0 bridgehead atoms. The Balaban J connectivity index is 2.79. The molecular formula is C11H15BrO. The lowest BCUT2D eigenvalue weighted by atomic mass is 9.60. The quantitative estimate of drug-likeness (QED) is 0.413. The van der Waals surface area contributed by atoms with E-state index in [9.17, 15) is 4.79 Å². The summed E-state index contributed by atoms with van der Waals surface area (Å²) < 4.78 is 0. The second kappa shape index (κ2) is 3.81. The van der Waals surface area contributed by atoms with Gasteiger partial charge in [0.1, 0.15) is 0 Å². The van der Waals surface area contributed by atoms with Crippen molar-refractivity contribution in [2.24, 2.45) is 11.3 Å². The average molecular weight is 243 g/mol. The minimum absolute atomic E-state index is 0.0746. The van der Waals surface area contributed by atoms with Crippen LogP contribution in [0.15, 0.2) is 17.4 Å². The van der Waals surface area contributed by atoms with Crippen molar-refractivity contribution in [2.45, 2.75) is 27.2 Å². The van der Waals surface area contributed by atoms with E-state index in [1.54, 1.807) is 13.0 Å². The van der Waals surface area contributed by atoms with Crippen LogP contribution in [0, 0.1) is 11.3 Å². The molecular weight excluding hydrogens is 228 g/mol. The lowest BCUT2D eigenvalue weighted by Gasteiger charge is -2.45. The lowest BCUT2D eigenvalue weighted by Crippen LogP contribution is -2.38. The summed E-state index contributed by atoms with van der Waals surface area (Å²) in [5, 5.41) is 1.03. The molecule has 0 aromatic carbocycles. The Bertz CT molecular complexity index is 282. The SMILES string of the molecule is CC(=O)C=C=C1CC(CBr)C1(C)C. The molecule has 0 saturated heterocycles. The van der Waals surface area contributed by atoms with Crippen molar-refractivity contribution in [3.8, 4) is 0 Å². The van der Waals surface area contributed by atoms with E-state index in [2.05, 4.69) is 35.5 Å². The maximum Gasteiger partial charge on any atom is 0.160 e. The first-order chi connectivity index (χ1) is 5.98. The summed E-state index contributed by atoms with van der Waals surface area (Å²) in [6.45, 7) is 5.97. The Morgan fingerprint density at radius 3 is 2.77 bits per heavy atom. The zero-order valence-electron chi connectivity index (χ0n) is 8.36. The zero-order valence-corrected chi connectivity index (χ0v) is 9.94. The Morgan fingerprint density at radius 1 is 1.77 bits per heavy atom. The molecule has 0 N–H and O–H groups in total. The first-order valence-corrected chi connectivity index (χ1v) is 5.63. The van der Waals surface area contributed by atoms with Gasteiger partial charge in [0.15, 0.2) is 5.78 Å². The van der Waals surface area contributed by atoms with E-state index in [-0.39, 0.29) is 11.2 Å². The van der Waals surface area contributed by atoms with Gasteiger partial charge in [-0.25, -0.2) is 0 Å². The molecule has 0 radical (unpaired) electrons. The summed E-state index contributed by atoms with van der Waals surface area (Å²) in [6, 6.07) is 0. The van der Waals surface area contributed by atoms with Crippen LogP contribution in [0.2, 0.25) is 0 Å². The van der Waals surface area contributed by atoms with Gasteiger partial charge in [-0.05, 0) is 30.3 Å². The summed E-state index contributed by atoms with van der Waals surface area (Å²) in [6.07, 6.45) is 2.61. The highest BCUT2D eigenvalue weighted by atomic mass is 79.9. The van der Waals surface area contributed by atoms with Crippen molar-refractivity contribution in [1.82, 2.24) is 0 Å². The molecule has 1 rings (SSSR count). The fourth-order valence-corrected chi connectivity index (χ4v) is 2.60. The fraction of sp³-hybridized carbons (Fsp3) is 0.636. The first kappa shape index (κ1) is 10.7. The van der Waals surface area contributed by atoms with Crippen molar-refractivity contribution < 1.29 is 4.79 Å². The lowest BCUT2D eigenvalue weighted by molar-refractivity contribution is -0.112. The van der Waals surface area contributed by atoms with E-state index in [4.69, 9.17) is 0 Å². The molecule has 72 valence electrons. The molecule has 1 fully saturated rings. The van der Waals surface area contributed by atoms with Crippen LogP contribution in [-0.2, 0) is 4.79 Å². The molecule has 1 aliphatic carbocycles. The van der Waals surface area contributed by atoms with E-state index in [1.165, 1.54) is 5.57 Å². The van der Waals surface area contributed by atoms with Crippen LogP contribution < -0.4 is 0 Å². The van der Waals surface area contributed by atoms with E-state index in [0.717, 1.165) is 11.8 Å². The number of carbonyl (C=O) groups is 1. The van der Waals surface area contributed by atoms with Crippen LogP contribution in [0.5, 0.6) is 0 Å². The predicted octanol–water partition coefficient (Wildman–Crippen LogP) is 3.10. The number of carbonyl (C=O) groups excluding carboxylic acids is 1. The van der Waals surface area contributed by atoms with Crippen molar-refractivity contribution in [3.05, 3.63) is 17.4 Å². The van der Waals surface area contributed by atoms with Gasteiger partial charge in [-0.3, -0.25) is 4.79 Å². The highest BCUT2D eigenvalue weighted by Crippen LogP contribution is 2.50. The van der Waals surface area contributed by atoms with Crippen LogP contribution >= 0.6 is 15.9 Å². The van der Waals surface area contributed by atoms with Crippen LogP contribution in [0.4, 0.5) is 0 Å². The normalized spacial score (nSPS) is 24.6. The van der Waals surface area contributed by atoms with Gasteiger partial charge in [-0.2, -0.15) is 0 Å². The first-order valence-electron chi connectivity index (χ1n) is 4.51. The Morgan fingerprint density at radius 2 is 2.38 bits per heavy atom. The van der Waals surface area contributed by atoms with Crippen LogP contribution in [-0.4, -0.2) is 11.1 Å². The zero-order chi connectivity index (χ0) is 10.1. The van der Waals surface area contributed by atoms with Gasteiger partial charge in [0.2, 0.25) is 0 Å². The summed E-state index contributed by atoms with van der Waals surface area (Å²) in [7, 11) is 0. The second-order valence-electron chi connectivity index (χ2n) is 4.15. The molecule has 0 heterocycles. The Labute approximate surface area is 88.0 Å².